The second-order valence-electron chi connectivity index (χ2n) is 4.46. The first-order valence-corrected chi connectivity index (χ1v) is 7.03. The standard InChI is InChI=1S/C13H10FNO3S/c1-7-4-10(14)13-9-3-2-8(16)6-12(9)19(17,18)15-11(13)5-7/h2-6,15-16H,1H3. The number of aryl methyl sites for hydroxylation is 1. The Bertz CT molecular complexity index is 800. The van der Waals surface area contributed by atoms with E-state index in [1.165, 1.54) is 18.2 Å². The number of aromatic hydroxyl groups is 1. The highest BCUT2D eigenvalue weighted by molar-refractivity contribution is 7.93. The Kier molecular flexibility index (Phi) is 2.34. The predicted octanol–water partition coefficient (Wildman–Crippen LogP) is 2.62. The van der Waals surface area contributed by atoms with E-state index in [2.05, 4.69) is 4.72 Å². The van der Waals surface area contributed by atoms with Crippen LogP contribution < -0.4 is 4.72 Å². The first kappa shape index (κ1) is 12.0. The maximum Gasteiger partial charge on any atom is 0.262 e. The van der Waals surface area contributed by atoms with E-state index in [0.29, 0.717) is 5.56 Å². The molecule has 0 fully saturated rings. The maximum absolute atomic E-state index is 14.1. The van der Waals surface area contributed by atoms with Crippen LogP contribution in [-0.2, 0) is 10.0 Å². The zero-order valence-corrected chi connectivity index (χ0v) is 10.8. The van der Waals surface area contributed by atoms with Gasteiger partial charge in [-0.15, -0.1) is 0 Å². The minimum absolute atomic E-state index is 0.122. The number of sulfonamides is 1. The lowest BCUT2D eigenvalue weighted by atomic mass is 10.0. The summed E-state index contributed by atoms with van der Waals surface area (Å²) < 4.78 is 40.5. The van der Waals surface area contributed by atoms with Gasteiger partial charge < -0.3 is 5.11 Å². The highest BCUT2D eigenvalue weighted by Crippen LogP contribution is 2.42. The Labute approximate surface area is 109 Å². The van der Waals surface area contributed by atoms with Gasteiger partial charge in [-0.3, -0.25) is 4.72 Å². The van der Waals surface area contributed by atoms with E-state index in [1.54, 1.807) is 13.0 Å². The second-order valence-corrected chi connectivity index (χ2v) is 6.11. The van der Waals surface area contributed by atoms with E-state index in [-0.39, 0.29) is 27.5 Å². The summed E-state index contributed by atoms with van der Waals surface area (Å²) in [4.78, 5) is -0.122. The molecule has 2 aromatic rings. The largest absolute Gasteiger partial charge is 0.508 e. The number of phenolic OH excluding ortho intramolecular Hbond substituents is 1. The van der Waals surface area contributed by atoms with Crippen LogP contribution in [0.2, 0.25) is 0 Å². The van der Waals surface area contributed by atoms with Crippen LogP contribution in [0.4, 0.5) is 10.1 Å². The van der Waals surface area contributed by atoms with Crippen LogP contribution in [0.1, 0.15) is 5.56 Å². The lowest BCUT2D eigenvalue weighted by Crippen LogP contribution is -2.19. The third kappa shape index (κ3) is 1.76. The fraction of sp³-hybridized carbons (Fsp3) is 0.0769. The highest BCUT2D eigenvalue weighted by Gasteiger charge is 2.29. The average molecular weight is 279 g/mol. The van der Waals surface area contributed by atoms with Crippen LogP contribution in [0.15, 0.2) is 35.2 Å². The summed E-state index contributed by atoms with van der Waals surface area (Å²) >= 11 is 0. The molecule has 1 heterocycles. The molecule has 3 rings (SSSR count). The monoisotopic (exact) mass is 279 g/mol. The summed E-state index contributed by atoms with van der Waals surface area (Å²) in [6, 6.07) is 6.77. The molecule has 19 heavy (non-hydrogen) atoms. The van der Waals surface area contributed by atoms with Crippen molar-refractivity contribution >= 4 is 15.7 Å². The molecule has 2 aromatic carbocycles. The van der Waals surface area contributed by atoms with Gasteiger partial charge in [0.2, 0.25) is 0 Å². The van der Waals surface area contributed by atoms with Crippen LogP contribution in [0.5, 0.6) is 5.75 Å². The van der Waals surface area contributed by atoms with Crippen LogP contribution in [0.3, 0.4) is 0 Å². The summed E-state index contributed by atoms with van der Waals surface area (Å²) in [7, 11) is -3.79. The molecular formula is C13H10FNO3S. The fourth-order valence-corrected chi connectivity index (χ4v) is 3.53. The molecule has 0 spiro atoms. The zero-order valence-electron chi connectivity index (χ0n) is 9.94. The van der Waals surface area contributed by atoms with Gasteiger partial charge in [0, 0.05) is 17.2 Å². The lowest BCUT2D eigenvalue weighted by molar-refractivity contribution is 0.473. The van der Waals surface area contributed by atoms with Gasteiger partial charge in [0.1, 0.15) is 11.6 Å². The number of hydrogen-bond acceptors (Lipinski definition) is 3. The quantitative estimate of drug-likeness (QED) is 0.779. The van der Waals surface area contributed by atoms with Crippen LogP contribution in [-0.4, -0.2) is 13.5 Å². The Morgan fingerprint density at radius 3 is 2.68 bits per heavy atom. The van der Waals surface area contributed by atoms with Gasteiger partial charge in [-0.2, -0.15) is 0 Å². The van der Waals surface area contributed by atoms with Crippen molar-refractivity contribution < 1.29 is 17.9 Å². The second kappa shape index (κ2) is 3.71. The highest BCUT2D eigenvalue weighted by atomic mass is 32.2. The summed E-state index contributed by atoms with van der Waals surface area (Å²) in [5, 5.41) is 9.40. The van der Waals surface area contributed by atoms with Crippen molar-refractivity contribution in [2.45, 2.75) is 11.8 Å². The van der Waals surface area contributed by atoms with Crippen LogP contribution >= 0.6 is 0 Å². The Hall–Kier alpha value is -2.08. The molecule has 0 amide bonds. The number of rotatable bonds is 0. The molecule has 0 atom stereocenters. The number of halogens is 1. The lowest BCUT2D eigenvalue weighted by Gasteiger charge is -2.22. The third-order valence-electron chi connectivity index (χ3n) is 3.00. The molecule has 1 aliphatic rings. The molecule has 2 N–H and O–H groups in total. The number of fused-ring (bicyclic) bond motifs is 3. The Morgan fingerprint density at radius 2 is 1.95 bits per heavy atom. The average Bonchev–Trinajstić information content (AvgIpc) is 2.28. The van der Waals surface area contributed by atoms with Crippen molar-refractivity contribution in [3.05, 3.63) is 41.7 Å². The van der Waals surface area contributed by atoms with E-state index in [0.717, 1.165) is 6.07 Å². The Morgan fingerprint density at radius 1 is 1.21 bits per heavy atom. The molecule has 6 heteroatoms. The van der Waals surface area contributed by atoms with Gasteiger partial charge in [-0.05, 0) is 36.8 Å². The zero-order chi connectivity index (χ0) is 13.8. The molecule has 0 bridgehead atoms. The molecule has 0 radical (unpaired) electrons. The fourth-order valence-electron chi connectivity index (χ4n) is 2.24. The molecule has 0 saturated carbocycles. The van der Waals surface area contributed by atoms with Gasteiger partial charge in [0.05, 0.1) is 10.6 Å². The molecule has 98 valence electrons. The van der Waals surface area contributed by atoms with E-state index >= 15 is 0 Å². The van der Waals surface area contributed by atoms with Crippen molar-refractivity contribution in [3.8, 4) is 16.9 Å². The molecule has 4 nitrogen and oxygen atoms in total. The van der Waals surface area contributed by atoms with E-state index in [9.17, 15) is 17.9 Å². The molecule has 0 unspecified atom stereocenters. The number of anilines is 1. The summed E-state index contributed by atoms with van der Waals surface area (Å²) in [6.07, 6.45) is 0. The van der Waals surface area contributed by atoms with E-state index in [4.69, 9.17) is 0 Å². The molecular weight excluding hydrogens is 269 g/mol. The van der Waals surface area contributed by atoms with E-state index < -0.39 is 15.8 Å². The van der Waals surface area contributed by atoms with Crippen molar-refractivity contribution in [3.63, 3.8) is 0 Å². The summed E-state index contributed by atoms with van der Waals surface area (Å²) in [6.45, 7) is 1.68. The number of hydrogen-bond donors (Lipinski definition) is 2. The molecule has 0 aliphatic carbocycles. The van der Waals surface area contributed by atoms with Gasteiger partial charge >= 0.3 is 0 Å². The van der Waals surface area contributed by atoms with Crippen molar-refractivity contribution in [1.29, 1.82) is 0 Å². The van der Waals surface area contributed by atoms with E-state index in [1.807, 2.05) is 0 Å². The van der Waals surface area contributed by atoms with Crippen LogP contribution in [0, 0.1) is 12.7 Å². The van der Waals surface area contributed by atoms with Gasteiger partial charge in [-0.25, -0.2) is 12.8 Å². The minimum atomic E-state index is -3.79. The molecule has 1 aliphatic heterocycles. The third-order valence-corrected chi connectivity index (χ3v) is 4.41. The molecule has 0 saturated heterocycles. The van der Waals surface area contributed by atoms with Crippen molar-refractivity contribution in [2.75, 3.05) is 4.72 Å². The van der Waals surface area contributed by atoms with Crippen molar-refractivity contribution in [2.24, 2.45) is 0 Å². The summed E-state index contributed by atoms with van der Waals surface area (Å²) in [5.74, 6) is -0.676. The maximum atomic E-state index is 14.1. The first-order valence-electron chi connectivity index (χ1n) is 5.55. The summed E-state index contributed by atoms with van der Waals surface area (Å²) in [5.41, 5.74) is 1.30. The first-order chi connectivity index (χ1) is 8.88. The number of nitrogens with one attached hydrogen (secondary N) is 1. The topological polar surface area (TPSA) is 66.4 Å². The smallest absolute Gasteiger partial charge is 0.262 e. The minimum Gasteiger partial charge on any atom is -0.508 e. The number of phenols is 1. The predicted molar refractivity (Wildman–Crippen MR) is 69.0 cm³/mol. The number of benzene rings is 2. The van der Waals surface area contributed by atoms with Crippen LogP contribution in [0.25, 0.3) is 11.1 Å². The Balaban J connectivity index is 2.43. The SMILES string of the molecule is Cc1cc(F)c2c(c1)NS(=O)(=O)c1cc(O)ccc1-2. The van der Waals surface area contributed by atoms with Gasteiger partial charge in [0.25, 0.3) is 10.0 Å². The van der Waals surface area contributed by atoms with Gasteiger partial charge in [0.15, 0.2) is 0 Å². The van der Waals surface area contributed by atoms with Crippen molar-refractivity contribution in [1.82, 2.24) is 0 Å². The van der Waals surface area contributed by atoms with Gasteiger partial charge in [-0.1, -0.05) is 0 Å². The molecule has 0 aromatic heterocycles. The normalized spacial score (nSPS) is 15.3.